The zero-order chi connectivity index (χ0) is 12.6. The molecule has 0 aromatic carbocycles. The maximum atomic E-state index is 12.3. The summed E-state index contributed by atoms with van der Waals surface area (Å²) in [7, 11) is 2.16. The lowest BCUT2D eigenvalue weighted by Gasteiger charge is -2.45. The first kappa shape index (κ1) is 12.4. The number of carbonyl (C=O) groups is 1. The van der Waals surface area contributed by atoms with Crippen molar-refractivity contribution in [2.75, 3.05) is 26.8 Å². The summed E-state index contributed by atoms with van der Waals surface area (Å²) in [5.74, 6) is 0.293. The van der Waals surface area contributed by atoms with E-state index in [1.807, 2.05) is 0 Å². The second-order valence-corrected chi connectivity index (χ2v) is 6.26. The Bertz CT molecular complexity index is 317. The lowest BCUT2D eigenvalue weighted by Crippen LogP contribution is -2.58. The van der Waals surface area contributed by atoms with Crippen molar-refractivity contribution < 1.29 is 4.79 Å². The van der Waals surface area contributed by atoms with E-state index in [0.29, 0.717) is 11.9 Å². The van der Waals surface area contributed by atoms with Crippen LogP contribution >= 0.6 is 0 Å². The van der Waals surface area contributed by atoms with Crippen molar-refractivity contribution >= 4 is 5.91 Å². The van der Waals surface area contributed by atoms with Crippen molar-refractivity contribution in [2.24, 2.45) is 0 Å². The standard InChI is InChI=1S/C14H25N3O/c1-16-9-7-14(8-10-16)13(18)15-11-17(14)12-5-3-2-4-6-12/h12H,2-11H2,1H3,(H,15,18). The van der Waals surface area contributed by atoms with Crippen LogP contribution < -0.4 is 5.32 Å². The van der Waals surface area contributed by atoms with Crippen LogP contribution in [0.1, 0.15) is 44.9 Å². The molecular weight excluding hydrogens is 226 g/mol. The number of likely N-dealkylation sites (tertiary alicyclic amines) is 1. The zero-order valence-corrected chi connectivity index (χ0v) is 11.5. The third kappa shape index (κ3) is 1.95. The minimum absolute atomic E-state index is 0.172. The molecule has 3 rings (SSSR count). The van der Waals surface area contributed by atoms with Crippen molar-refractivity contribution in [3.05, 3.63) is 0 Å². The minimum atomic E-state index is -0.172. The fraction of sp³-hybridized carbons (Fsp3) is 0.929. The number of rotatable bonds is 1. The maximum absolute atomic E-state index is 12.3. The van der Waals surface area contributed by atoms with Gasteiger partial charge in [0.15, 0.2) is 0 Å². The average Bonchev–Trinajstić information content (AvgIpc) is 2.72. The summed E-state index contributed by atoms with van der Waals surface area (Å²) >= 11 is 0. The molecule has 0 unspecified atom stereocenters. The zero-order valence-electron chi connectivity index (χ0n) is 11.5. The van der Waals surface area contributed by atoms with Gasteiger partial charge in [-0.05, 0) is 32.7 Å². The molecule has 0 radical (unpaired) electrons. The molecule has 1 aliphatic carbocycles. The number of hydrogen-bond acceptors (Lipinski definition) is 3. The van der Waals surface area contributed by atoms with Gasteiger partial charge in [-0.3, -0.25) is 9.69 Å². The molecule has 18 heavy (non-hydrogen) atoms. The molecule has 0 bridgehead atoms. The summed E-state index contributed by atoms with van der Waals surface area (Å²) in [5, 5.41) is 3.11. The molecule has 2 heterocycles. The normalized spacial score (nSPS) is 30.8. The summed E-state index contributed by atoms with van der Waals surface area (Å²) in [4.78, 5) is 17.2. The summed E-state index contributed by atoms with van der Waals surface area (Å²) in [5.41, 5.74) is -0.172. The van der Waals surface area contributed by atoms with Gasteiger partial charge in [-0.15, -0.1) is 0 Å². The predicted octanol–water partition coefficient (Wildman–Crippen LogP) is 1.17. The van der Waals surface area contributed by atoms with E-state index >= 15 is 0 Å². The maximum Gasteiger partial charge on any atom is 0.241 e. The van der Waals surface area contributed by atoms with Gasteiger partial charge >= 0.3 is 0 Å². The van der Waals surface area contributed by atoms with Gasteiger partial charge in [-0.25, -0.2) is 0 Å². The van der Waals surface area contributed by atoms with E-state index in [-0.39, 0.29) is 5.54 Å². The van der Waals surface area contributed by atoms with Crippen molar-refractivity contribution in [3.8, 4) is 0 Å². The fourth-order valence-corrected chi connectivity index (χ4v) is 3.98. The highest BCUT2D eigenvalue weighted by molar-refractivity contribution is 5.88. The van der Waals surface area contributed by atoms with Gasteiger partial charge in [-0.2, -0.15) is 0 Å². The molecule has 102 valence electrons. The summed E-state index contributed by atoms with van der Waals surface area (Å²) < 4.78 is 0. The van der Waals surface area contributed by atoms with Gasteiger partial charge in [0, 0.05) is 19.1 Å². The van der Waals surface area contributed by atoms with E-state index in [1.165, 1.54) is 32.1 Å². The van der Waals surface area contributed by atoms with Gasteiger partial charge in [0.25, 0.3) is 0 Å². The highest BCUT2D eigenvalue weighted by Crippen LogP contribution is 2.37. The second-order valence-electron chi connectivity index (χ2n) is 6.26. The molecule has 0 aromatic heterocycles. The van der Waals surface area contributed by atoms with Crippen LogP contribution in [0, 0.1) is 0 Å². The van der Waals surface area contributed by atoms with Crippen LogP contribution in [-0.2, 0) is 4.79 Å². The van der Waals surface area contributed by atoms with Crippen LogP contribution in [0.25, 0.3) is 0 Å². The summed E-state index contributed by atoms with van der Waals surface area (Å²) in [6.07, 6.45) is 8.63. The van der Waals surface area contributed by atoms with Gasteiger partial charge in [0.1, 0.15) is 5.54 Å². The molecule has 4 heteroatoms. The summed E-state index contributed by atoms with van der Waals surface area (Å²) in [6, 6.07) is 0.640. The highest BCUT2D eigenvalue weighted by atomic mass is 16.2. The molecule has 3 fully saturated rings. The Hall–Kier alpha value is -0.610. The molecule has 2 saturated heterocycles. The molecule has 1 spiro atoms. The fourth-order valence-electron chi connectivity index (χ4n) is 3.98. The third-order valence-electron chi connectivity index (χ3n) is 5.21. The van der Waals surface area contributed by atoms with Gasteiger partial charge in [0.05, 0.1) is 6.67 Å². The Morgan fingerprint density at radius 1 is 1.17 bits per heavy atom. The largest absolute Gasteiger partial charge is 0.342 e. The summed E-state index contributed by atoms with van der Waals surface area (Å²) in [6.45, 7) is 2.89. The third-order valence-corrected chi connectivity index (χ3v) is 5.21. The van der Waals surface area contributed by atoms with E-state index in [0.717, 1.165) is 32.6 Å². The van der Waals surface area contributed by atoms with Crippen molar-refractivity contribution in [2.45, 2.75) is 56.5 Å². The van der Waals surface area contributed by atoms with E-state index in [2.05, 4.69) is 22.2 Å². The Morgan fingerprint density at radius 3 is 2.50 bits per heavy atom. The van der Waals surface area contributed by atoms with Gasteiger partial charge in [-0.1, -0.05) is 19.3 Å². The molecule has 1 amide bonds. The van der Waals surface area contributed by atoms with Gasteiger partial charge in [0.2, 0.25) is 5.91 Å². The first-order valence-electron chi connectivity index (χ1n) is 7.46. The first-order chi connectivity index (χ1) is 8.72. The van der Waals surface area contributed by atoms with Crippen molar-refractivity contribution in [3.63, 3.8) is 0 Å². The lowest BCUT2D eigenvalue weighted by molar-refractivity contribution is -0.130. The van der Waals surface area contributed by atoms with Crippen LogP contribution in [-0.4, -0.2) is 54.1 Å². The molecular formula is C14H25N3O. The Balaban J connectivity index is 1.78. The lowest BCUT2D eigenvalue weighted by atomic mass is 9.83. The van der Waals surface area contributed by atoms with Crippen LogP contribution in [0.2, 0.25) is 0 Å². The van der Waals surface area contributed by atoms with Crippen molar-refractivity contribution in [1.29, 1.82) is 0 Å². The van der Waals surface area contributed by atoms with Crippen LogP contribution in [0.3, 0.4) is 0 Å². The smallest absolute Gasteiger partial charge is 0.241 e. The quantitative estimate of drug-likeness (QED) is 0.760. The Morgan fingerprint density at radius 2 is 1.83 bits per heavy atom. The topological polar surface area (TPSA) is 35.6 Å². The van der Waals surface area contributed by atoms with Crippen LogP contribution in [0.5, 0.6) is 0 Å². The molecule has 2 aliphatic heterocycles. The Labute approximate surface area is 110 Å². The van der Waals surface area contributed by atoms with E-state index in [9.17, 15) is 4.79 Å². The number of hydrogen-bond donors (Lipinski definition) is 1. The molecule has 4 nitrogen and oxygen atoms in total. The minimum Gasteiger partial charge on any atom is -0.342 e. The average molecular weight is 251 g/mol. The molecule has 1 saturated carbocycles. The number of carbonyl (C=O) groups excluding carboxylic acids is 1. The highest BCUT2D eigenvalue weighted by Gasteiger charge is 2.51. The number of amides is 1. The predicted molar refractivity (Wildman–Crippen MR) is 71.2 cm³/mol. The van der Waals surface area contributed by atoms with E-state index in [4.69, 9.17) is 0 Å². The SMILES string of the molecule is CN1CCC2(CC1)C(=O)NCN2C1CCCCC1. The number of nitrogens with one attached hydrogen (secondary N) is 1. The number of piperidine rings is 1. The second kappa shape index (κ2) is 4.82. The van der Waals surface area contributed by atoms with Crippen LogP contribution in [0.4, 0.5) is 0 Å². The molecule has 0 aromatic rings. The van der Waals surface area contributed by atoms with E-state index in [1.54, 1.807) is 0 Å². The van der Waals surface area contributed by atoms with Crippen molar-refractivity contribution in [1.82, 2.24) is 15.1 Å². The van der Waals surface area contributed by atoms with Crippen LogP contribution in [0.15, 0.2) is 0 Å². The molecule has 3 aliphatic rings. The first-order valence-corrected chi connectivity index (χ1v) is 7.46. The molecule has 0 atom stereocenters. The van der Waals surface area contributed by atoms with Gasteiger partial charge < -0.3 is 10.2 Å². The number of nitrogens with zero attached hydrogens (tertiary/aromatic N) is 2. The van der Waals surface area contributed by atoms with E-state index < -0.39 is 0 Å². The molecule has 1 N–H and O–H groups in total. The monoisotopic (exact) mass is 251 g/mol. The Kier molecular flexibility index (Phi) is 3.32.